The zero-order chi connectivity index (χ0) is 23.7. The lowest BCUT2D eigenvalue weighted by atomic mass is 10.2. The topological polar surface area (TPSA) is 118 Å². The van der Waals surface area contributed by atoms with Gasteiger partial charge < -0.3 is 15.1 Å². The summed E-state index contributed by atoms with van der Waals surface area (Å²) in [7, 11) is -3.81. The molecule has 0 bridgehead atoms. The monoisotopic (exact) mass is 473 g/mol. The van der Waals surface area contributed by atoms with E-state index in [9.17, 15) is 22.4 Å². The van der Waals surface area contributed by atoms with Gasteiger partial charge in [0, 0.05) is 26.1 Å². The maximum absolute atomic E-state index is 13.3. The number of sulfonamides is 1. The highest BCUT2D eigenvalue weighted by molar-refractivity contribution is 7.89. The van der Waals surface area contributed by atoms with Gasteiger partial charge in [0.2, 0.25) is 15.9 Å². The van der Waals surface area contributed by atoms with Gasteiger partial charge in [-0.3, -0.25) is 9.59 Å². The first kappa shape index (κ1) is 24.1. The minimum atomic E-state index is -3.81. The van der Waals surface area contributed by atoms with Crippen molar-refractivity contribution in [3.63, 3.8) is 0 Å². The van der Waals surface area contributed by atoms with Gasteiger partial charge >= 0.3 is 0 Å². The van der Waals surface area contributed by atoms with E-state index in [0.29, 0.717) is 24.1 Å². The molecule has 8 nitrogen and oxygen atoms in total. The second-order valence-corrected chi connectivity index (χ2v) is 8.98. The fraction of sp³-hybridized carbons (Fsp3) is 0.217. The second-order valence-electron chi connectivity index (χ2n) is 7.22. The van der Waals surface area contributed by atoms with E-state index in [0.717, 1.165) is 0 Å². The van der Waals surface area contributed by atoms with Gasteiger partial charge in [0.1, 0.15) is 5.82 Å². The molecule has 0 spiro atoms. The predicted molar refractivity (Wildman–Crippen MR) is 119 cm³/mol. The number of nitrogens with one attached hydrogen (secondary N) is 3. The lowest BCUT2D eigenvalue weighted by molar-refractivity contribution is -0.121. The normalized spacial score (nSPS) is 11.2. The summed E-state index contributed by atoms with van der Waals surface area (Å²) in [5, 5.41) is 5.39. The molecule has 3 aromatic rings. The fourth-order valence-corrected chi connectivity index (χ4v) is 4.05. The van der Waals surface area contributed by atoms with Gasteiger partial charge in [0.25, 0.3) is 5.91 Å². The van der Waals surface area contributed by atoms with Crippen molar-refractivity contribution in [3.8, 4) is 0 Å². The Kier molecular flexibility index (Phi) is 8.34. The van der Waals surface area contributed by atoms with Gasteiger partial charge in [-0.05, 0) is 53.9 Å². The van der Waals surface area contributed by atoms with Gasteiger partial charge in [-0.1, -0.05) is 24.3 Å². The minimum Gasteiger partial charge on any atom is -0.459 e. The van der Waals surface area contributed by atoms with Crippen LogP contribution in [0.2, 0.25) is 0 Å². The lowest BCUT2D eigenvalue weighted by Gasteiger charge is -2.10. The number of hydrogen-bond donors (Lipinski definition) is 3. The van der Waals surface area contributed by atoms with E-state index in [4.69, 9.17) is 4.42 Å². The summed E-state index contributed by atoms with van der Waals surface area (Å²) in [6, 6.07) is 15.0. The number of carbonyl (C=O) groups excluding carboxylic acids is 2. The molecule has 3 N–H and O–H groups in total. The molecule has 0 unspecified atom stereocenters. The largest absolute Gasteiger partial charge is 0.459 e. The molecule has 0 aliphatic carbocycles. The standard InChI is InChI=1S/C23H24FN3O5S/c24-19-7-1-5-17(13-19)16-27-33(30,31)20-8-2-6-18(14-20)15-26-22(28)10-3-11-25-23(29)21-9-4-12-32-21/h1-2,4-9,12-14,27H,3,10-11,15-16H2,(H,25,29)(H,26,28). The Morgan fingerprint density at radius 1 is 0.909 bits per heavy atom. The van der Waals surface area contributed by atoms with Crippen molar-refractivity contribution in [1.29, 1.82) is 0 Å². The van der Waals surface area contributed by atoms with E-state index in [1.54, 1.807) is 30.3 Å². The van der Waals surface area contributed by atoms with Gasteiger partial charge in [0.05, 0.1) is 11.2 Å². The Balaban J connectivity index is 1.44. The number of rotatable bonds is 11. The van der Waals surface area contributed by atoms with Gasteiger partial charge in [-0.2, -0.15) is 0 Å². The third-order valence-corrected chi connectivity index (χ3v) is 6.06. The first-order chi connectivity index (χ1) is 15.8. The van der Waals surface area contributed by atoms with Crippen LogP contribution in [0.15, 0.2) is 76.2 Å². The SMILES string of the molecule is O=C(CCCNC(=O)c1ccco1)NCc1cccc(S(=O)(=O)NCc2cccc(F)c2)c1. The summed E-state index contributed by atoms with van der Waals surface area (Å²) < 4.78 is 45.8. The Bertz CT molecular complexity index is 1200. The second kappa shape index (κ2) is 11.4. The van der Waals surface area contributed by atoms with Crippen molar-refractivity contribution in [3.05, 3.63) is 89.6 Å². The Labute approximate surface area is 191 Å². The molecule has 0 aliphatic rings. The van der Waals surface area contributed by atoms with Crippen LogP contribution in [0.25, 0.3) is 0 Å². The maximum Gasteiger partial charge on any atom is 0.286 e. The zero-order valence-electron chi connectivity index (χ0n) is 17.7. The van der Waals surface area contributed by atoms with Crippen LogP contribution < -0.4 is 15.4 Å². The molecule has 0 aliphatic heterocycles. The molecular formula is C23H24FN3O5S. The van der Waals surface area contributed by atoms with E-state index < -0.39 is 15.8 Å². The summed E-state index contributed by atoms with van der Waals surface area (Å²) in [5.41, 5.74) is 1.12. The Morgan fingerprint density at radius 2 is 1.67 bits per heavy atom. The molecule has 10 heteroatoms. The summed E-state index contributed by atoms with van der Waals surface area (Å²) >= 11 is 0. The number of benzene rings is 2. The number of amides is 2. The van der Waals surface area contributed by atoms with Crippen LogP contribution in [-0.4, -0.2) is 26.8 Å². The van der Waals surface area contributed by atoms with Crippen LogP contribution in [-0.2, 0) is 27.9 Å². The fourth-order valence-electron chi connectivity index (χ4n) is 2.97. The average molecular weight is 474 g/mol. The summed E-state index contributed by atoms with van der Waals surface area (Å²) in [6.45, 7) is 0.431. The third kappa shape index (κ3) is 7.55. The first-order valence-electron chi connectivity index (χ1n) is 10.2. The Hall–Kier alpha value is -3.50. The third-order valence-electron chi connectivity index (χ3n) is 4.66. The van der Waals surface area contributed by atoms with E-state index in [2.05, 4.69) is 15.4 Å². The van der Waals surface area contributed by atoms with Crippen molar-refractivity contribution >= 4 is 21.8 Å². The summed E-state index contributed by atoms with van der Waals surface area (Å²) in [5.74, 6) is -0.798. The average Bonchev–Trinajstić information content (AvgIpc) is 3.35. The number of halogens is 1. The quantitative estimate of drug-likeness (QED) is 0.370. The van der Waals surface area contributed by atoms with Gasteiger partial charge in [0.15, 0.2) is 5.76 Å². The van der Waals surface area contributed by atoms with Crippen LogP contribution >= 0.6 is 0 Å². The number of furan rings is 1. The molecule has 33 heavy (non-hydrogen) atoms. The maximum atomic E-state index is 13.3. The smallest absolute Gasteiger partial charge is 0.286 e. The van der Waals surface area contributed by atoms with Crippen molar-refractivity contribution < 1.29 is 26.8 Å². The van der Waals surface area contributed by atoms with Crippen LogP contribution in [0.3, 0.4) is 0 Å². The molecule has 1 heterocycles. The number of hydrogen-bond acceptors (Lipinski definition) is 5. The summed E-state index contributed by atoms with van der Waals surface area (Å²) in [6.07, 6.45) is 2.05. The molecule has 0 fully saturated rings. The molecule has 0 saturated heterocycles. The van der Waals surface area contributed by atoms with Gasteiger partial charge in [-0.25, -0.2) is 17.5 Å². The van der Waals surface area contributed by atoms with E-state index in [1.165, 1.54) is 36.6 Å². The van der Waals surface area contributed by atoms with Crippen molar-refractivity contribution in [2.45, 2.75) is 30.8 Å². The van der Waals surface area contributed by atoms with Crippen LogP contribution in [0, 0.1) is 5.82 Å². The van der Waals surface area contributed by atoms with E-state index >= 15 is 0 Å². The molecular weight excluding hydrogens is 449 g/mol. The van der Waals surface area contributed by atoms with E-state index in [-0.39, 0.29) is 42.0 Å². The zero-order valence-corrected chi connectivity index (χ0v) is 18.5. The molecule has 174 valence electrons. The molecule has 3 rings (SSSR count). The highest BCUT2D eigenvalue weighted by Crippen LogP contribution is 2.13. The van der Waals surface area contributed by atoms with E-state index in [1.807, 2.05) is 0 Å². The molecule has 2 amide bonds. The van der Waals surface area contributed by atoms with Crippen LogP contribution in [0.1, 0.15) is 34.5 Å². The molecule has 2 aromatic carbocycles. The highest BCUT2D eigenvalue weighted by Gasteiger charge is 2.15. The number of carbonyl (C=O) groups is 2. The molecule has 1 aromatic heterocycles. The van der Waals surface area contributed by atoms with Gasteiger partial charge in [-0.15, -0.1) is 0 Å². The minimum absolute atomic E-state index is 0.0441. The van der Waals surface area contributed by atoms with Crippen molar-refractivity contribution in [1.82, 2.24) is 15.4 Å². The van der Waals surface area contributed by atoms with Crippen LogP contribution in [0.5, 0.6) is 0 Å². The van der Waals surface area contributed by atoms with Crippen molar-refractivity contribution in [2.75, 3.05) is 6.54 Å². The van der Waals surface area contributed by atoms with Crippen LogP contribution in [0.4, 0.5) is 4.39 Å². The first-order valence-corrected chi connectivity index (χ1v) is 11.7. The molecule has 0 atom stereocenters. The lowest BCUT2D eigenvalue weighted by Crippen LogP contribution is -2.27. The van der Waals surface area contributed by atoms with Crippen molar-refractivity contribution in [2.24, 2.45) is 0 Å². The Morgan fingerprint density at radius 3 is 2.39 bits per heavy atom. The summed E-state index contributed by atoms with van der Waals surface area (Å²) in [4.78, 5) is 23.8. The highest BCUT2D eigenvalue weighted by atomic mass is 32.2. The predicted octanol–water partition coefficient (Wildman–Crippen LogP) is 2.72. The molecule has 0 saturated carbocycles. The molecule has 0 radical (unpaired) electrons.